The van der Waals surface area contributed by atoms with Crippen molar-refractivity contribution in [2.24, 2.45) is 5.10 Å². The van der Waals surface area contributed by atoms with Gasteiger partial charge in [-0.15, -0.1) is 0 Å². The van der Waals surface area contributed by atoms with Gasteiger partial charge in [0.05, 0.1) is 32.6 Å². The van der Waals surface area contributed by atoms with E-state index in [1.54, 1.807) is 31.2 Å². The van der Waals surface area contributed by atoms with E-state index < -0.39 is 0 Å². The number of rotatable bonds is 7. The zero-order chi connectivity index (χ0) is 19.2. The third kappa shape index (κ3) is 4.17. The first kappa shape index (κ1) is 18.7. The van der Waals surface area contributed by atoms with Crippen LogP contribution in [0.3, 0.4) is 0 Å². The molecule has 0 aliphatic carbocycles. The molecule has 0 atom stereocenters. The Bertz CT molecular complexity index is 993. The molecule has 1 aromatic heterocycles. The van der Waals surface area contributed by atoms with Gasteiger partial charge in [-0.25, -0.2) is 5.10 Å². The van der Waals surface area contributed by atoms with Crippen LogP contribution in [-0.4, -0.2) is 41.9 Å². The molecule has 0 spiro atoms. The summed E-state index contributed by atoms with van der Waals surface area (Å²) in [5, 5.41) is 11.5. The van der Waals surface area contributed by atoms with E-state index in [9.17, 15) is 0 Å². The molecule has 0 aliphatic heterocycles. The molecule has 0 bridgehead atoms. The van der Waals surface area contributed by atoms with Gasteiger partial charge >= 0.3 is 0 Å². The summed E-state index contributed by atoms with van der Waals surface area (Å²) in [6.07, 6.45) is 1.71. The van der Waals surface area contributed by atoms with E-state index in [2.05, 4.69) is 15.3 Å². The smallest absolute Gasteiger partial charge is 0.216 e. The van der Waals surface area contributed by atoms with Crippen LogP contribution in [0.1, 0.15) is 12.5 Å². The molecule has 140 valence electrons. The number of aromatic amines is 1. The molecule has 8 heteroatoms. The van der Waals surface area contributed by atoms with Gasteiger partial charge in [0.25, 0.3) is 0 Å². The Labute approximate surface area is 162 Å². The van der Waals surface area contributed by atoms with Gasteiger partial charge in [-0.1, -0.05) is 0 Å². The SMILES string of the molecule is CCOc1ccc(/C=N\n2c(-c3ccc(OC)cc3OC)n[nH]c2=S)cc1. The van der Waals surface area contributed by atoms with E-state index in [1.807, 2.05) is 43.3 Å². The highest BCUT2D eigenvalue weighted by Crippen LogP contribution is 2.32. The fraction of sp³-hybridized carbons (Fsp3) is 0.211. The predicted octanol–water partition coefficient (Wildman–Crippen LogP) is 3.91. The summed E-state index contributed by atoms with van der Waals surface area (Å²) in [7, 11) is 3.19. The highest BCUT2D eigenvalue weighted by Gasteiger charge is 2.14. The number of ether oxygens (including phenoxy) is 3. The molecule has 0 radical (unpaired) electrons. The van der Waals surface area contributed by atoms with Crippen molar-refractivity contribution in [2.75, 3.05) is 20.8 Å². The highest BCUT2D eigenvalue weighted by atomic mass is 32.1. The highest BCUT2D eigenvalue weighted by molar-refractivity contribution is 7.71. The average molecular weight is 384 g/mol. The third-order valence-corrected chi connectivity index (χ3v) is 4.08. The van der Waals surface area contributed by atoms with Crippen molar-refractivity contribution in [3.8, 4) is 28.6 Å². The summed E-state index contributed by atoms with van der Waals surface area (Å²) >= 11 is 5.32. The van der Waals surface area contributed by atoms with Crippen molar-refractivity contribution in [3.63, 3.8) is 0 Å². The minimum Gasteiger partial charge on any atom is -0.497 e. The van der Waals surface area contributed by atoms with E-state index in [4.69, 9.17) is 26.4 Å². The van der Waals surface area contributed by atoms with Crippen LogP contribution in [0.2, 0.25) is 0 Å². The molecule has 3 rings (SSSR count). The van der Waals surface area contributed by atoms with Crippen LogP contribution in [0, 0.1) is 4.77 Å². The Hall–Kier alpha value is -3.13. The third-order valence-electron chi connectivity index (χ3n) is 3.81. The van der Waals surface area contributed by atoms with Gasteiger partial charge in [0.15, 0.2) is 5.82 Å². The van der Waals surface area contributed by atoms with Crippen LogP contribution in [0.25, 0.3) is 11.4 Å². The van der Waals surface area contributed by atoms with Crippen LogP contribution in [0.5, 0.6) is 17.2 Å². The van der Waals surface area contributed by atoms with Gasteiger partial charge < -0.3 is 14.2 Å². The van der Waals surface area contributed by atoms with Crippen LogP contribution in [0.15, 0.2) is 47.6 Å². The monoisotopic (exact) mass is 384 g/mol. The van der Waals surface area contributed by atoms with Gasteiger partial charge in [-0.2, -0.15) is 14.9 Å². The second-order valence-corrected chi connectivity index (χ2v) is 5.86. The minimum atomic E-state index is 0.380. The Morgan fingerprint density at radius 1 is 1.11 bits per heavy atom. The largest absolute Gasteiger partial charge is 0.497 e. The number of H-pyrrole nitrogens is 1. The predicted molar refractivity (Wildman–Crippen MR) is 107 cm³/mol. The van der Waals surface area contributed by atoms with Crippen molar-refractivity contribution in [1.29, 1.82) is 0 Å². The quantitative estimate of drug-likeness (QED) is 0.494. The van der Waals surface area contributed by atoms with Crippen LogP contribution >= 0.6 is 12.2 Å². The number of aromatic nitrogens is 3. The van der Waals surface area contributed by atoms with Gasteiger partial charge in [0, 0.05) is 6.07 Å². The fourth-order valence-corrected chi connectivity index (χ4v) is 2.68. The number of nitrogens with one attached hydrogen (secondary N) is 1. The van der Waals surface area contributed by atoms with Crippen molar-refractivity contribution in [1.82, 2.24) is 14.9 Å². The maximum Gasteiger partial charge on any atom is 0.216 e. The first-order chi connectivity index (χ1) is 13.2. The van der Waals surface area contributed by atoms with E-state index in [0.29, 0.717) is 28.7 Å². The summed E-state index contributed by atoms with van der Waals surface area (Å²) in [5.74, 6) is 2.66. The molecule has 0 saturated carbocycles. The minimum absolute atomic E-state index is 0.380. The molecule has 1 N–H and O–H groups in total. The Morgan fingerprint density at radius 2 is 1.85 bits per heavy atom. The molecule has 0 saturated heterocycles. The molecular formula is C19H20N4O3S. The number of hydrogen-bond donors (Lipinski definition) is 1. The van der Waals surface area contributed by atoms with Gasteiger partial charge in [-0.05, 0) is 61.1 Å². The number of nitrogens with zero attached hydrogens (tertiary/aromatic N) is 3. The van der Waals surface area contributed by atoms with E-state index in [1.165, 1.54) is 0 Å². The lowest BCUT2D eigenvalue weighted by atomic mass is 10.2. The summed E-state index contributed by atoms with van der Waals surface area (Å²) < 4.78 is 18.1. The number of methoxy groups -OCH3 is 2. The fourth-order valence-electron chi connectivity index (χ4n) is 2.50. The zero-order valence-electron chi connectivity index (χ0n) is 15.3. The van der Waals surface area contributed by atoms with Crippen molar-refractivity contribution in [3.05, 3.63) is 52.8 Å². The molecule has 0 amide bonds. The molecule has 0 aliphatic rings. The Balaban J connectivity index is 1.94. The standard InChI is InChI=1S/C19H20N4O3S/c1-4-26-14-7-5-13(6-8-14)12-20-23-18(21-22-19(23)27)16-10-9-15(24-2)11-17(16)25-3/h5-12H,4H2,1-3H3,(H,22,27)/b20-12-. The summed E-state index contributed by atoms with van der Waals surface area (Å²) in [4.78, 5) is 0. The second-order valence-electron chi connectivity index (χ2n) is 5.48. The van der Waals surface area contributed by atoms with Gasteiger partial charge in [-0.3, -0.25) is 0 Å². The Kier molecular flexibility index (Phi) is 5.87. The van der Waals surface area contributed by atoms with Gasteiger partial charge in [0.2, 0.25) is 4.77 Å². The van der Waals surface area contributed by atoms with E-state index in [0.717, 1.165) is 16.9 Å². The van der Waals surface area contributed by atoms with Gasteiger partial charge in [0.1, 0.15) is 17.2 Å². The molecule has 0 unspecified atom stereocenters. The molecule has 1 heterocycles. The molecule has 2 aromatic carbocycles. The summed E-state index contributed by atoms with van der Waals surface area (Å²) in [5.41, 5.74) is 1.66. The van der Waals surface area contributed by atoms with Crippen molar-refractivity contribution in [2.45, 2.75) is 6.92 Å². The van der Waals surface area contributed by atoms with Crippen LogP contribution in [-0.2, 0) is 0 Å². The molecular weight excluding hydrogens is 364 g/mol. The lowest BCUT2D eigenvalue weighted by Crippen LogP contribution is -1.98. The second kappa shape index (κ2) is 8.50. The lowest BCUT2D eigenvalue weighted by molar-refractivity contribution is 0.340. The van der Waals surface area contributed by atoms with E-state index in [-0.39, 0.29) is 0 Å². The Morgan fingerprint density at radius 3 is 2.52 bits per heavy atom. The summed E-state index contributed by atoms with van der Waals surface area (Å²) in [6.45, 7) is 2.58. The topological polar surface area (TPSA) is 73.7 Å². The maximum absolute atomic E-state index is 5.46. The summed E-state index contributed by atoms with van der Waals surface area (Å²) in [6, 6.07) is 13.1. The number of benzene rings is 2. The molecule has 0 fully saturated rings. The normalized spacial score (nSPS) is 10.9. The van der Waals surface area contributed by atoms with E-state index >= 15 is 0 Å². The maximum atomic E-state index is 5.46. The average Bonchev–Trinajstić information content (AvgIpc) is 3.07. The first-order valence-corrected chi connectivity index (χ1v) is 8.74. The number of hydrogen-bond acceptors (Lipinski definition) is 6. The molecule has 27 heavy (non-hydrogen) atoms. The molecule has 3 aromatic rings. The van der Waals surface area contributed by atoms with Crippen molar-refractivity contribution >= 4 is 18.4 Å². The molecule has 7 nitrogen and oxygen atoms in total. The van der Waals surface area contributed by atoms with Crippen molar-refractivity contribution < 1.29 is 14.2 Å². The first-order valence-electron chi connectivity index (χ1n) is 8.33. The zero-order valence-corrected chi connectivity index (χ0v) is 16.1. The lowest BCUT2D eigenvalue weighted by Gasteiger charge is -2.09. The van der Waals surface area contributed by atoms with Crippen LogP contribution in [0.4, 0.5) is 0 Å². The van der Waals surface area contributed by atoms with Crippen LogP contribution < -0.4 is 14.2 Å².